The summed E-state index contributed by atoms with van der Waals surface area (Å²) < 4.78 is 28.2. The molecule has 6 nitrogen and oxygen atoms in total. The summed E-state index contributed by atoms with van der Waals surface area (Å²) in [7, 11) is 0.259. The van der Waals surface area contributed by atoms with Crippen molar-refractivity contribution in [3.8, 4) is 0 Å². The van der Waals surface area contributed by atoms with Crippen molar-refractivity contribution in [1.29, 1.82) is 0 Å². The van der Waals surface area contributed by atoms with Gasteiger partial charge in [0.1, 0.15) is 0 Å². The van der Waals surface area contributed by atoms with Crippen molar-refractivity contribution in [3.05, 3.63) is 65.7 Å². The molecule has 7 heteroatoms. The normalized spacial score (nSPS) is 16.1. The first kappa shape index (κ1) is 21.5. The first-order valence-electron chi connectivity index (χ1n) is 9.98. The topological polar surface area (TPSA) is 78.5 Å². The molecule has 0 aliphatic heterocycles. The molecular weight excluding hydrogens is 386 g/mol. The molecule has 2 N–H and O–H groups in total. The zero-order valence-electron chi connectivity index (χ0n) is 17.0. The number of likely N-dealkylation sites (N-methyl/N-ethyl adjacent to an activating group) is 1. The number of benzene rings is 2. The Morgan fingerprint density at radius 1 is 1.07 bits per heavy atom. The van der Waals surface area contributed by atoms with Crippen LogP contribution in [0.1, 0.15) is 47.6 Å². The Labute approximate surface area is 173 Å². The maximum Gasteiger partial charge on any atom is 0.251 e. The van der Waals surface area contributed by atoms with Crippen LogP contribution in [0.15, 0.2) is 59.5 Å². The van der Waals surface area contributed by atoms with Crippen molar-refractivity contribution >= 4 is 15.9 Å². The van der Waals surface area contributed by atoms with E-state index >= 15 is 0 Å². The largest absolute Gasteiger partial charge is 0.344 e. The number of nitrogens with one attached hydrogen (secondary N) is 2. The van der Waals surface area contributed by atoms with E-state index in [1.807, 2.05) is 49.3 Å². The molecule has 29 heavy (non-hydrogen) atoms. The Kier molecular flexibility index (Phi) is 7.05. The van der Waals surface area contributed by atoms with Crippen molar-refractivity contribution in [2.45, 2.75) is 42.7 Å². The van der Waals surface area contributed by atoms with Crippen molar-refractivity contribution in [2.24, 2.45) is 0 Å². The van der Waals surface area contributed by atoms with Crippen molar-refractivity contribution in [2.75, 3.05) is 20.6 Å². The van der Waals surface area contributed by atoms with E-state index in [9.17, 15) is 13.2 Å². The molecule has 0 aromatic heterocycles. The molecule has 3 rings (SSSR count). The fourth-order valence-corrected chi connectivity index (χ4v) is 5.01. The molecule has 156 valence electrons. The van der Waals surface area contributed by atoms with Gasteiger partial charge >= 0.3 is 0 Å². The van der Waals surface area contributed by atoms with E-state index in [1.165, 1.54) is 12.1 Å². The zero-order valence-corrected chi connectivity index (χ0v) is 17.8. The van der Waals surface area contributed by atoms with Crippen LogP contribution in [-0.2, 0) is 10.0 Å². The molecule has 1 amide bonds. The molecule has 0 unspecified atom stereocenters. The molecule has 2 aromatic carbocycles. The van der Waals surface area contributed by atoms with E-state index in [0.717, 1.165) is 31.2 Å². The lowest BCUT2D eigenvalue weighted by Gasteiger charge is -2.23. The number of sulfonamides is 1. The molecule has 1 atom stereocenters. The highest BCUT2D eigenvalue weighted by Gasteiger charge is 2.24. The smallest absolute Gasteiger partial charge is 0.251 e. The second-order valence-corrected chi connectivity index (χ2v) is 9.54. The predicted octanol–water partition coefficient (Wildman–Crippen LogP) is 2.94. The van der Waals surface area contributed by atoms with E-state index in [1.54, 1.807) is 12.1 Å². The summed E-state index contributed by atoms with van der Waals surface area (Å²) >= 11 is 0. The molecule has 1 aliphatic rings. The van der Waals surface area contributed by atoms with E-state index in [4.69, 9.17) is 0 Å². The number of hydrogen-bond acceptors (Lipinski definition) is 4. The predicted molar refractivity (Wildman–Crippen MR) is 114 cm³/mol. The van der Waals surface area contributed by atoms with Crippen molar-refractivity contribution in [1.82, 2.24) is 14.9 Å². The number of carbonyl (C=O) groups is 1. The maximum absolute atomic E-state index is 12.9. The minimum absolute atomic E-state index is 0.0139. The minimum Gasteiger partial charge on any atom is -0.344 e. The average molecular weight is 416 g/mol. The maximum atomic E-state index is 12.9. The van der Waals surface area contributed by atoms with Gasteiger partial charge in [-0.1, -0.05) is 49.2 Å². The van der Waals surface area contributed by atoms with Gasteiger partial charge in [0.15, 0.2) is 0 Å². The lowest BCUT2D eigenvalue weighted by atomic mass is 10.1. The van der Waals surface area contributed by atoms with Gasteiger partial charge < -0.3 is 10.2 Å². The number of nitrogens with zero attached hydrogens (tertiary/aromatic N) is 1. The van der Waals surface area contributed by atoms with Crippen LogP contribution in [0.4, 0.5) is 0 Å². The quantitative estimate of drug-likeness (QED) is 0.695. The summed E-state index contributed by atoms with van der Waals surface area (Å²) in [6.07, 6.45) is 3.82. The molecule has 0 radical (unpaired) electrons. The van der Waals surface area contributed by atoms with E-state index in [-0.39, 0.29) is 22.9 Å². The van der Waals surface area contributed by atoms with Gasteiger partial charge in [-0.3, -0.25) is 4.79 Å². The summed E-state index contributed by atoms with van der Waals surface area (Å²) in [6, 6.07) is 15.8. The summed E-state index contributed by atoms with van der Waals surface area (Å²) in [4.78, 5) is 15.0. The highest BCUT2D eigenvalue weighted by molar-refractivity contribution is 7.89. The fourth-order valence-electron chi connectivity index (χ4n) is 3.66. The third kappa shape index (κ3) is 5.88. The summed E-state index contributed by atoms with van der Waals surface area (Å²) in [5, 5.41) is 3.04. The highest BCUT2D eigenvalue weighted by atomic mass is 32.2. The second-order valence-electron chi connectivity index (χ2n) is 7.83. The zero-order chi connectivity index (χ0) is 20.9. The number of carbonyl (C=O) groups excluding carboxylic acids is 1. The molecule has 1 aliphatic carbocycles. The molecule has 1 fully saturated rings. The van der Waals surface area contributed by atoms with Crippen molar-refractivity contribution < 1.29 is 13.2 Å². The summed E-state index contributed by atoms with van der Waals surface area (Å²) in [5.74, 6) is -0.293. The molecule has 2 aromatic rings. The van der Waals surface area contributed by atoms with Crippen LogP contribution < -0.4 is 10.0 Å². The van der Waals surface area contributed by atoms with Gasteiger partial charge in [0, 0.05) is 18.2 Å². The van der Waals surface area contributed by atoms with Crippen LogP contribution in [0.5, 0.6) is 0 Å². The minimum atomic E-state index is -3.64. The first-order chi connectivity index (χ1) is 13.8. The molecule has 1 saturated carbocycles. The van der Waals surface area contributed by atoms with Gasteiger partial charge in [-0.05, 0) is 50.7 Å². The average Bonchev–Trinajstić information content (AvgIpc) is 3.20. The fraction of sp³-hybridized carbons (Fsp3) is 0.409. The summed E-state index contributed by atoms with van der Waals surface area (Å²) in [5.41, 5.74) is 1.33. The van der Waals surface area contributed by atoms with Crippen LogP contribution in [-0.4, -0.2) is 45.9 Å². The Balaban J connectivity index is 1.77. The Bertz CT molecular complexity index is 923. The molecular formula is C22H29N3O3S. The number of amides is 1. The SMILES string of the molecule is CN(C)C[C@H](NC(=O)c1cccc(S(=O)(=O)NC2CCCC2)c1)c1ccccc1. The summed E-state index contributed by atoms with van der Waals surface area (Å²) in [6.45, 7) is 0.636. The van der Waals surface area contributed by atoms with Gasteiger partial charge in [0.05, 0.1) is 10.9 Å². The molecule has 0 saturated heterocycles. The second kappa shape index (κ2) is 9.52. The van der Waals surface area contributed by atoms with E-state index in [2.05, 4.69) is 10.0 Å². The van der Waals surface area contributed by atoms with Crippen LogP contribution in [0, 0.1) is 0 Å². The molecule has 0 bridgehead atoms. The Morgan fingerprint density at radius 3 is 2.41 bits per heavy atom. The molecule has 0 heterocycles. The first-order valence-corrected chi connectivity index (χ1v) is 11.5. The number of hydrogen-bond donors (Lipinski definition) is 2. The third-order valence-corrected chi connectivity index (χ3v) is 6.66. The van der Waals surface area contributed by atoms with Crippen LogP contribution in [0.3, 0.4) is 0 Å². The van der Waals surface area contributed by atoms with Gasteiger partial charge in [-0.25, -0.2) is 13.1 Å². The van der Waals surface area contributed by atoms with E-state index < -0.39 is 10.0 Å². The monoisotopic (exact) mass is 415 g/mol. The lowest BCUT2D eigenvalue weighted by molar-refractivity contribution is 0.0929. The lowest BCUT2D eigenvalue weighted by Crippen LogP contribution is -2.35. The number of rotatable bonds is 8. The molecule has 0 spiro atoms. The Morgan fingerprint density at radius 2 is 1.76 bits per heavy atom. The van der Waals surface area contributed by atoms with Crippen LogP contribution in [0.25, 0.3) is 0 Å². The van der Waals surface area contributed by atoms with E-state index in [0.29, 0.717) is 12.1 Å². The van der Waals surface area contributed by atoms with Gasteiger partial charge in [-0.2, -0.15) is 0 Å². The highest BCUT2D eigenvalue weighted by Crippen LogP contribution is 2.21. The van der Waals surface area contributed by atoms with Gasteiger partial charge in [0.2, 0.25) is 10.0 Å². The van der Waals surface area contributed by atoms with Gasteiger partial charge in [0.25, 0.3) is 5.91 Å². The Hall–Kier alpha value is -2.22. The standard InChI is InChI=1S/C22H29N3O3S/c1-25(2)16-21(17-9-4-3-5-10-17)23-22(26)18-11-8-14-20(15-18)29(27,28)24-19-12-6-7-13-19/h3-5,8-11,14-15,19,21,24H,6-7,12-13,16H2,1-2H3,(H,23,26)/t21-/m0/s1. The third-order valence-electron chi connectivity index (χ3n) is 5.14. The van der Waals surface area contributed by atoms with Gasteiger partial charge in [-0.15, -0.1) is 0 Å². The van der Waals surface area contributed by atoms with Crippen LogP contribution in [0.2, 0.25) is 0 Å². The van der Waals surface area contributed by atoms with Crippen molar-refractivity contribution in [3.63, 3.8) is 0 Å². The van der Waals surface area contributed by atoms with Crippen LogP contribution >= 0.6 is 0 Å².